The van der Waals surface area contributed by atoms with Gasteiger partial charge in [0.2, 0.25) is 5.91 Å². The van der Waals surface area contributed by atoms with Crippen LogP contribution in [0.4, 0.5) is 0 Å². The number of rotatable bonds is 4. The van der Waals surface area contributed by atoms with Gasteiger partial charge in [-0.3, -0.25) is 4.79 Å². The Balaban J connectivity index is 1.97. The minimum Gasteiger partial charge on any atom is -0.345 e. The van der Waals surface area contributed by atoms with Gasteiger partial charge in [-0.25, -0.2) is 0 Å². The number of nitrogens with one attached hydrogen (secondary N) is 1. The second-order valence-electron chi connectivity index (χ2n) is 4.67. The standard InChI is InChI=1S/C13H20N2OS2/c1-4-15(3)12(16)8-14-11-7-9(2)18-13-10(11)5-6-17-13/h5-6,9,11,14H,4,7-8H2,1-3H3/t9-,11?/m0/s1. The molecule has 2 atom stereocenters. The number of nitrogens with zero attached hydrogens (tertiary/aromatic N) is 1. The highest BCUT2D eigenvalue weighted by molar-refractivity contribution is 8.01. The van der Waals surface area contributed by atoms with Crippen molar-refractivity contribution in [3.63, 3.8) is 0 Å². The quantitative estimate of drug-likeness (QED) is 0.922. The van der Waals surface area contributed by atoms with Crippen LogP contribution in [0.5, 0.6) is 0 Å². The molecule has 0 aromatic carbocycles. The largest absolute Gasteiger partial charge is 0.345 e. The average Bonchev–Trinajstić information content (AvgIpc) is 2.82. The smallest absolute Gasteiger partial charge is 0.236 e. The first-order valence-corrected chi connectivity index (χ1v) is 8.09. The lowest BCUT2D eigenvalue weighted by Gasteiger charge is -2.28. The fourth-order valence-corrected chi connectivity index (χ4v) is 4.63. The van der Waals surface area contributed by atoms with Gasteiger partial charge in [0.25, 0.3) is 0 Å². The van der Waals surface area contributed by atoms with Crippen molar-refractivity contribution in [3.05, 3.63) is 17.0 Å². The van der Waals surface area contributed by atoms with Crippen LogP contribution >= 0.6 is 23.1 Å². The number of hydrogen-bond donors (Lipinski definition) is 1. The predicted molar refractivity (Wildman–Crippen MR) is 78.3 cm³/mol. The van der Waals surface area contributed by atoms with Crippen molar-refractivity contribution in [2.24, 2.45) is 0 Å². The minimum atomic E-state index is 0.167. The van der Waals surface area contributed by atoms with E-state index >= 15 is 0 Å². The molecule has 1 amide bonds. The normalized spacial score (nSPS) is 22.6. The molecule has 100 valence electrons. The van der Waals surface area contributed by atoms with Crippen LogP contribution < -0.4 is 5.32 Å². The molecule has 0 spiro atoms. The van der Waals surface area contributed by atoms with Crippen LogP contribution in [-0.4, -0.2) is 36.2 Å². The van der Waals surface area contributed by atoms with Gasteiger partial charge in [-0.15, -0.1) is 23.1 Å². The molecule has 1 unspecified atom stereocenters. The van der Waals surface area contributed by atoms with E-state index in [4.69, 9.17) is 0 Å². The van der Waals surface area contributed by atoms with E-state index in [1.54, 1.807) is 16.2 Å². The van der Waals surface area contributed by atoms with Crippen molar-refractivity contribution in [2.75, 3.05) is 20.1 Å². The van der Waals surface area contributed by atoms with E-state index in [9.17, 15) is 4.79 Å². The van der Waals surface area contributed by atoms with Crippen LogP contribution in [0.15, 0.2) is 15.7 Å². The molecule has 0 saturated carbocycles. The fourth-order valence-electron chi connectivity index (χ4n) is 2.06. The summed E-state index contributed by atoms with van der Waals surface area (Å²) in [5.74, 6) is 0.167. The van der Waals surface area contributed by atoms with Gasteiger partial charge in [0.05, 0.1) is 10.8 Å². The first kappa shape index (κ1) is 13.9. The van der Waals surface area contributed by atoms with Crippen molar-refractivity contribution in [3.8, 4) is 0 Å². The lowest BCUT2D eigenvalue weighted by Crippen LogP contribution is -2.38. The molecule has 0 bridgehead atoms. The van der Waals surface area contributed by atoms with Crippen molar-refractivity contribution in [1.82, 2.24) is 10.2 Å². The number of carbonyl (C=O) groups is 1. The zero-order valence-corrected chi connectivity index (χ0v) is 12.7. The van der Waals surface area contributed by atoms with Crippen molar-refractivity contribution in [2.45, 2.75) is 35.8 Å². The number of carbonyl (C=O) groups excluding carboxylic acids is 1. The zero-order chi connectivity index (χ0) is 13.1. The summed E-state index contributed by atoms with van der Waals surface area (Å²) in [6, 6.07) is 2.52. The highest BCUT2D eigenvalue weighted by Gasteiger charge is 2.26. The Morgan fingerprint density at radius 3 is 3.11 bits per heavy atom. The summed E-state index contributed by atoms with van der Waals surface area (Å²) >= 11 is 3.76. The van der Waals surface area contributed by atoms with Gasteiger partial charge in [-0.2, -0.15) is 0 Å². The molecule has 3 nitrogen and oxygen atoms in total. The fraction of sp³-hybridized carbons (Fsp3) is 0.615. The SMILES string of the molecule is CCN(C)C(=O)CNC1C[C@H](C)Sc2sccc21. The maximum absolute atomic E-state index is 11.8. The molecule has 1 aromatic heterocycles. The molecule has 1 aliphatic heterocycles. The average molecular weight is 284 g/mol. The van der Waals surface area contributed by atoms with E-state index in [-0.39, 0.29) is 5.91 Å². The summed E-state index contributed by atoms with van der Waals surface area (Å²) < 4.78 is 1.41. The van der Waals surface area contributed by atoms with Gasteiger partial charge >= 0.3 is 0 Å². The molecule has 1 N–H and O–H groups in total. The molecule has 2 rings (SSSR count). The van der Waals surface area contributed by atoms with Gasteiger partial charge in [0.15, 0.2) is 0 Å². The maximum atomic E-state index is 11.8. The lowest BCUT2D eigenvalue weighted by molar-refractivity contribution is -0.128. The number of likely N-dealkylation sites (N-methyl/N-ethyl adjacent to an activating group) is 1. The summed E-state index contributed by atoms with van der Waals surface area (Å²) in [7, 11) is 1.85. The Morgan fingerprint density at radius 1 is 1.61 bits per heavy atom. The molecule has 0 saturated heterocycles. The summed E-state index contributed by atoms with van der Waals surface area (Å²) in [4.78, 5) is 13.6. The molecular formula is C13H20N2OS2. The van der Waals surface area contributed by atoms with Crippen molar-refractivity contribution < 1.29 is 4.79 Å². The number of thioether (sulfide) groups is 1. The minimum absolute atomic E-state index is 0.167. The van der Waals surface area contributed by atoms with Crippen LogP contribution in [0.25, 0.3) is 0 Å². The molecule has 5 heteroatoms. The number of fused-ring (bicyclic) bond motifs is 1. The predicted octanol–water partition coefficient (Wildman–Crippen LogP) is 2.74. The van der Waals surface area contributed by atoms with Crippen LogP contribution in [0.2, 0.25) is 0 Å². The third-order valence-electron chi connectivity index (χ3n) is 3.31. The molecule has 0 fully saturated rings. The van der Waals surface area contributed by atoms with Gasteiger partial charge in [-0.1, -0.05) is 6.92 Å². The number of amides is 1. The van der Waals surface area contributed by atoms with Gasteiger partial charge in [0, 0.05) is 24.9 Å². The molecule has 2 heterocycles. The van der Waals surface area contributed by atoms with E-state index in [2.05, 4.69) is 23.7 Å². The molecule has 18 heavy (non-hydrogen) atoms. The van der Waals surface area contributed by atoms with E-state index in [0.29, 0.717) is 17.8 Å². The summed E-state index contributed by atoms with van der Waals surface area (Å²) in [6.07, 6.45) is 1.09. The monoisotopic (exact) mass is 284 g/mol. The summed E-state index contributed by atoms with van der Waals surface area (Å²) in [5, 5.41) is 6.17. The summed E-state index contributed by atoms with van der Waals surface area (Å²) in [6.45, 7) is 5.44. The maximum Gasteiger partial charge on any atom is 0.236 e. The van der Waals surface area contributed by atoms with Gasteiger partial charge in [-0.05, 0) is 30.4 Å². The van der Waals surface area contributed by atoms with Gasteiger partial charge < -0.3 is 10.2 Å². The Hall–Kier alpha value is -0.520. The Labute approximate surface area is 117 Å². The molecule has 0 aliphatic carbocycles. The molecular weight excluding hydrogens is 264 g/mol. The highest BCUT2D eigenvalue weighted by Crippen LogP contribution is 2.43. The lowest BCUT2D eigenvalue weighted by atomic mass is 10.0. The number of thiophene rings is 1. The highest BCUT2D eigenvalue weighted by atomic mass is 32.2. The van der Waals surface area contributed by atoms with E-state index in [1.807, 2.05) is 25.7 Å². The van der Waals surface area contributed by atoms with Crippen LogP contribution in [0, 0.1) is 0 Å². The van der Waals surface area contributed by atoms with Crippen LogP contribution in [0.3, 0.4) is 0 Å². The van der Waals surface area contributed by atoms with E-state index in [1.165, 1.54) is 9.77 Å². The summed E-state index contributed by atoms with van der Waals surface area (Å²) in [5.41, 5.74) is 1.37. The number of hydrogen-bond acceptors (Lipinski definition) is 4. The molecule has 1 aliphatic rings. The topological polar surface area (TPSA) is 32.3 Å². The Kier molecular flexibility index (Phi) is 4.70. The Bertz CT molecular complexity index is 419. The van der Waals surface area contributed by atoms with Crippen LogP contribution in [-0.2, 0) is 4.79 Å². The second kappa shape index (κ2) is 6.08. The second-order valence-corrected chi connectivity index (χ2v) is 7.29. The van der Waals surface area contributed by atoms with Crippen molar-refractivity contribution >= 4 is 29.0 Å². The Morgan fingerprint density at radius 2 is 2.39 bits per heavy atom. The van der Waals surface area contributed by atoms with E-state index < -0.39 is 0 Å². The third-order valence-corrected chi connectivity index (χ3v) is 5.65. The van der Waals surface area contributed by atoms with Crippen molar-refractivity contribution in [1.29, 1.82) is 0 Å². The molecule has 0 radical (unpaired) electrons. The first-order chi connectivity index (χ1) is 8.61. The first-order valence-electron chi connectivity index (χ1n) is 6.33. The molecule has 1 aromatic rings. The van der Waals surface area contributed by atoms with Gasteiger partial charge in [0.1, 0.15) is 0 Å². The third kappa shape index (κ3) is 3.08. The van der Waals surface area contributed by atoms with Crippen LogP contribution in [0.1, 0.15) is 31.9 Å². The zero-order valence-electron chi connectivity index (χ0n) is 11.1. The van der Waals surface area contributed by atoms with E-state index in [0.717, 1.165) is 13.0 Å².